The Bertz CT molecular complexity index is 404. The van der Waals surface area contributed by atoms with Gasteiger partial charge in [-0.3, -0.25) is 0 Å². The van der Waals surface area contributed by atoms with Gasteiger partial charge < -0.3 is 15.8 Å². The molecular weight excluding hydrogens is 236 g/mol. The van der Waals surface area contributed by atoms with E-state index in [2.05, 4.69) is 31.3 Å². The van der Waals surface area contributed by atoms with Crippen LogP contribution >= 0.6 is 0 Å². The van der Waals surface area contributed by atoms with Gasteiger partial charge in [0.2, 0.25) is 0 Å². The molecule has 3 nitrogen and oxygen atoms in total. The normalized spacial score (nSPS) is 24.8. The maximum Gasteiger partial charge on any atom is 0.118 e. The van der Waals surface area contributed by atoms with Crippen LogP contribution < -0.4 is 15.8 Å². The molecule has 1 aliphatic carbocycles. The topological polar surface area (TPSA) is 47.3 Å². The minimum Gasteiger partial charge on any atom is -0.497 e. The van der Waals surface area contributed by atoms with Gasteiger partial charge in [0.05, 0.1) is 7.11 Å². The van der Waals surface area contributed by atoms with E-state index >= 15 is 0 Å². The van der Waals surface area contributed by atoms with Crippen molar-refractivity contribution in [1.29, 1.82) is 0 Å². The SMILES string of the molecule is COc1ccc(CC(C)(CN)NCC2CC2C)cc1. The molecule has 1 saturated carbocycles. The maximum atomic E-state index is 5.97. The first kappa shape index (κ1) is 14.4. The van der Waals surface area contributed by atoms with Crippen LogP contribution in [0.2, 0.25) is 0 Å². The molecule has 1 aromatic carbocycles. The van der Waals surface area contributed by atoms with Crippen molar-refractivity contribution in [3.63, 3.8) is 0 Å². The van der Waals surface area contributed by atoms with Gasteiger partial charge >= 0.3 is 0 Å². The molecular formula is C16H26N2O. The predicted molar refractivity (Wildman–Crippen MR) is 79.4 cm³/mol. The number of hydrogen-bond acceptors (Lipinski definition) is 3. The molecule has 2 rings (SSSR count). The Balaban J connectivity index is 1.91. The van der Waals surface area contributed by atoms with E-state index in [1.165, 1.54) is 12.0 Å². The summed E-state index contributed by atoms with van der Waals surface area (Å²) >= 11 is 0. The maximum absolute atomic E-state index is 5.97. The molecule has 3 heteroatoms. The summed E-state index contributed by atoms with van der Waals surface area (Å²) in [5, 5.41) is 3.66. The average molecular weight is 262 g/mol. The molecule has 0 aliphatic heterocycles. The fraction of sp³-hybridized carbons (Fsp3) is 0.625. The molecule has 106 valence electrons. The summed E-state index contributed by atoms with van der Waals surface area (Å²) in [6.45, 7) is 6.27. The lowest BCUT2D eigenvalue weighted by molar-refractivity contribution is 0.352. The number of benzene rings is 1. The lowest BCUT2D eigenvalue weighted by atomic mass is 9.92. The van der Waals surface area contributed by atoms with Crippen LogP contribution in [0.4, 0.5) is 0 Å². The minimum absolute atomic E-state index is 0.0170. The zero-order valence-corrected chi connectivity index (χ0v) is 12.3. The molecule has 1 aromatic rings. The highest BCUT2D eigenvalue weighted by molar-refractivity contribution is 5.28. The lowest BCUT2D eigenvalue weighted by Gasteiger charge is -2.30. The van der Waals surface area contributed by atoms with E-state index in [4.69, 9.17) is 10.5 Å². The predicted octanol–water partition coefficient (Wildman–Crippen LogP) is 2.20. The third kappa shape index (κ3) is 3.95. The fourth-order valence-corrected chi connectivity index (χ4v) is 2.46. The van der Waals surface area contributed by atoms with Crippen LogP contribution in [0.5, 0.6) is 5.75 Å². The van der Waals surface area contributed by atoms with E-state index in [-0.39, 0.29) is 5.54 Å². The standard InChI is InChI=1S/C16H26N2O/c1-12-8-14(12)10-18-16(2,11-17)9-13-4-6-15(19-3)7-5-13/h4-7,12,14,18H,8-11,17H2,1-3H3. The molecule has 0 saturated heterocycles. The van der Waals surface area contributed by atoms with Gasteiger partial charge in [-0.2, -0.15) is 0 Å². The van der Waals surface area contributed by atoms with Crippen LogP contribution in [-0.4, -0.2) is 25.7 Å². The molecule has 0 heterocycles. The third-order valence-corrected chi connectivity index (χ3v) is 4.27. The van der Waals surface area contributed by atoms with Crippen molar-refractivity contribution in [3.8, 4) is 5.75 Å². The van der Waals surface area contributed by atoms with Crippen molar-refractivity contribution >= 4 is 0 Å². The Hall–Kier alpha value is -1.06. The van der Waals surface area contributed by atoms with E-state index in [0.29, 0.717) is 6.54 Å². The molecule has 0 aromatic heterocycles. The van der Waals surface area contributed by atoms with Gasteiger partial charge in [-0.15, -0.1) is 0 Å². The molecule has 1 fully saturated rings. The van der Waals surface area contributed by atoms with Crippen molar-refractivity contribution < 1.29 is 4.74 Å². The van der Waals surface area contributed by atoms with Crippen LogP contribution in [-0.2, 0) is 6.42 Å². The van der Waals surface area contributed by atoms with E-state index in [1.807, 2.05) is 12.1 Å². The van der Waals surface area contributed by atoms with Crippen molar-refractivity contribution in [2.24, 2.45) is 17.6 Å². The van der Waals surface area contributed by atoms with Crippen molar-refractivity contribution in [1.82, 2.24) is 5.32 Å². The summed E-state index contributed by atoms with van der Waals surface area (Å²) in [5.74, 6) is 2.63. The highest BCUT2D eigenvalue weighted by Crippen LogP contribution is 2.37. The Morgan fingerprint density at radius 1 is 1.37 bits per heavy atom. The number of ether oxygens (including phenoxy) is 1. The quantitative estimate of drug-likeness (QED) is 0.792. The van der Waals surface area contributed by atoms with E-state index in [0.717, 1.165) is 30.6 Å². The summed E-state index contributed by atoms with van der Waals surface area (Å²) in [6.07, 6.45) is 2.31. The number of nitrogens with one attached hydrogen (secondary N) is 1. The van der Waals surface area contributed by atoms with Gasteiger partial charge in [-0.1, -0.05) is 19.1 Å². The van der Waals surface area contributed by atoms with Gasteiger partial charge in [0.15, 0.2) is 0 Å². The summed E-state index contributed by atoms with van der Waals surface area (Å²) < 4.78 is 5.18. The summed E-state index contributed by atoms with van der Waals surface area (Å²) in [6, 6.07) is 8.26. The summed E-state index contributed by atoms with van der Waals surface area (Å²) in [5.41, 5.74) is 7.24. The van der Waals surface area contributed by atoms with Crippen LogP contribution in [0.15, 0.2) is 24.3 Å². The molecule has 3 N–H and O–H groups in total. The number of rotatable bonds is 7. The Kier molecular flexibility index (Phi) is 4.48. The van der Waals surface area contributed by atoms with Gasteiger partial charge in [0.1, 0.15) is 5.75 Å². The second-order valence-corrected chi connectivity index (χ2v) is 6.14. The fourth-order valence-electron chi connectivity index (χ4n) is 2.46. The van der Waals surface area contributed by atoms with Crippen molar-refractivity contribution in [3.05, 3.63) is 29.8 Å². The largest absolute Gasteiger partial charge is 0.497 e. The first-order chi connectivity index (χ1) is 9.06. The zero-order valence-electron chi connectivity index (χ0n) is 12.3. The molecule has 0 amide bonds. The molecule has 3 unspecified atom stereocenters. The molecule has 0 radical (unpaired) electrons. The number of methoxy groups -OCH3 is 1. The molecule has 0 spiro atoms. The van der Waals surface area contributed by atoms with Crippen LogP contribution in [0.3, 0.4) is 0 Å². The lowest BCUT2D eigenvalue weighted by Crippen LogP contribution is -2.51. The first-order valence-corrected chi connectivity index (χ1v) is 7.14. The van der Waals surface area contributed by atoms with Gasteiger partial charge in [0.25, 0.3) is 0 Å². The van der Waals surface area contributed by atoms with Gasteiger partial charge in [-0.05, 0) is 55.8 Å². The number of nitrogens with two attached hydrogens (primary N) is 1. The highest BCUT2D eigenvalue weighted by atomic mass is 16.5. The van der Waals surface area contributed by atoms with E-state index in [1.54, 1.807) is 7.11 Å². The van der Waals surface area contributed by atoms with Gasteiger partial charge in [-0.25, -0.2) is 0 Å². The van der Waals surface area contributed by atoms with E-state index in [9.17, 15) is 0 Å². The first-order valence-electron chi connectivity index (χ1n) is 7.14. The third-order valence-electron chi connectivity index (χ3n) is 4.27. The number of hydrogen-bond donors (Lipinski definition) is 2. The van der Waals surface area contributed by atoms with Crippen LogP contribution in [0.1, 0.15) is 25.8 Å². The molecule has 0 bridgehead atoms. The average Bonchev–Trinajstić information content (AvgIpc) is 3.13. The molecule has 19 heavy (non-hydrogen) atoms. The Morgan fingerprint density at radius 3 is 2.47 bits per heavy atom. The molecule has 1 aliphatic rings. The van der Waals surface area contributed by atoms with Crippen molar-refractivity contribution in [2.75, 3.05) is 20.2 Å². The van der Waals surface area contributed by atoms with Crippen LogP contribution in [0.25, 0.3) is 0 Å². The highest BCUT2D eigenvalue weighted by Gasteiger charge is 2.34. The van der Waals surface area contributed by atoms with E-state index < -0.39 is 0 Å². The smallest absolute Gasteiger partial charge is 0.118 e. The van der Waals surface area contributed by atoms with Crippen molar-refractivity contribution in [2.45, 2.75) is 32.2 Å². The Morgan fingerprint density at radius 2 is 2.00 bits per heavy atom. The second kappa shape index (κ2) is 5.93. The zero-order chi connectivity index (χ0) is 13.9. The minimum atomic E-state index is -0.0170. The van der Waals surface area contributed by atoms with Crippen LogP contribution in [0, 0.1) is 11.8 Å². The van der Waals surface area contributed by atoms with Gasteiger partial charge in [0, 0.05) is 12.1 Å². The summed E-state index contributed by atoms with van der Waals surface area (Å²) in [7, 11) is 1.69. The second-order valence-electron chi connectivity index (χ2n) is 6.14. The monoisotopic (exact) mass is 262 g/mol. The Labute approximate surface area is 116 Å². The summed E-state index contributed by atoms with van der Waals surface area (Å²) in [4.78, 5) is 0. The molecule has 3 atom stereocenters.